The first kappa shape index (κ1) is 13.9. The van der Waals surface area contributed by atoms with E-state index in [1.54, 1.807) is 0 Å². The average Bonchev–Trinajstić information content (AvgIpc) is 3.26. The lowest BCUT2D eigenvalue weighted by Gasteiger charge is -2.37. The third kappa shape index (κ3) is 1.66. The Kier molecular flexibility index (Phi) is 2.42. The minimum atomic E-state index is 0.219. The van der Waals surface area contributed by atoms with Crippen molar-refractivity contribution in [3.05, 3.63) is 107 Å². The number of nitrogens with zero attached hydrogens (tertiary/aromatic N) is 2. The molecule has 4 heterocycles. The summed E-state index contributed by atoms with van der Waals surface area (Å²) in [6.07, 6.45) is 4.61. The van der Waals surface area contributed by atoms with E-state index in [-0.39, 0.29) is 6.17 Å². The van der Waals surface area contributed by atoms with E-state index in [0.29, 0.717) is 0 Å². The molecule has 1 unspecified atom stereocenters. The molecular formula is C25H18N2. The van der Waals surface area contributed by atoms with Gasteiger partial charge in [0, 0.05) is 41.4 Å². The fraction of sp³-hybridized carbons (Fsp3) is 0.120. The Bertz CT molecular complexity index is 1380. The normalized spacial score (nSPS) is 17.0. The van der Waals surface area contributed by atoms with Gasteiger partial charge in [-0.2, -0.15) is 0 Å². The molecule has 0 spiro atoms. The van der Waals surface area contributed by atoms with Crippen LogP contribution in [0.2, 0.25) is 0 Å². The van der Waals surface area contributed by atoms with Crippen molar-refractivity contribution in [3.63, 3.8) is 0 Å². The van der Waals surface area contributed by atoms with Crippen LogP contribution in [-0.4, -0.2) is 9.13 Å². The Morgan fingerprint density at radius 2 is 1.52 bits per heavy atom. The number of fused-ring (bicyclic) bond motifs is 8. The molecular weight excluding hydrogens is 328 g/mol. The Morgan fingerprint density at radius 3 is 2.44 bits per heavy atom. The van der Waals surface area contributed by atoms with Crippen LogP contribution in [0.3, 0.4) is 0 Å². The van der Waals surface area contributed by atoms with Gasteiger partial charge in [-0.1, -0.05) is 60.7 Å². The van der Waals surface area contributed by atoms with E-state index in [2.05, 4.69) is 88.1 Å². The fourth-order valence-electron chi connectivity index (χ4n) is 5.38. The van der Waals surface area contributed by atoms with Crippen molar-refractivity contribution >= 4 is 21.7 Å². The van der Waals surface area contributed by atoms with Gasteiger partial charge in [-0.25, -0.2) is 0 Å². The van der Waals surface area contributed by atoms with Crippen molar-refractivity contribution < 1.29 is 0 Å². The van der Waals surface area contributed by atoms with Crippen LogP contribution in [0.4, 0.5) is 0 Å². The number of hydrogen-bond donors (Lipinski definition) is 0. The molecule has 0 bridgehead atoms. The minimum Gasteiger partial charge on any atom is -0.325 e. The molecule has 2 aliphatic heterocycles. The quantitative estimate of drug-likeness (QED) is 0.343. The summed E-state index contributed by atoms with van der Waals surface area (Å²) in [5.41, 5.74) is 8.67. The van der Waals surface area contributed by atoms with Crippen LogP contribution in [0.15, 0.2) is 79.0 Å². The summed E-state index contributed by atoms with van der Waals surface area (Å²) in [6.45, 7) is 0. The van der Waals surface area contributed by atoms with Gasteiger partial charge in [-0.15, -0.1) is 0 Å². The number of hydrogen-bond acceptors (Lipinski definition) is 0. The smallest absolute Gasteiger partial charge is 0.136 e. The first-order chi connectivity index (χ1) is 13.4. The Balaban J connectivity index is 1.64. The lowest BCUT2D eigenvalue weighted by molar-refractivity contribution is 0.460. The highest BCUT2D eigenvalue weighted by Gasteiger charge is 2.34. The molecule has 0 N–H and O–H groups in total. The highest BCUT2D eigenvalue weighted by atomic mass is 15.2. The van der Waals surface area contributed by atoms with Crippen molar-refractivity contribution in [1.82, 2.24) is 9.13 Å². The van der Waals surface area contributed by atoms with Crippen molar-refractivity contribution in [2.24, 2.45) is 0 Å². The van der Waals surface area contributed by atoms with E-state index < -0.39 is 0 Å². The van der Waals surface area contributed by atoms with Gasteiger partial charge in [-0.05, 0) is 34.0 Å². The van der Waals surface area contributed by atoms with E-state index in [9.17, 15) is 0 Å². The number of rotatable bonds is 0. The largest absolute Gasteiger partial charge is 0.325 e. The van der Waals surface area contributed by atoms with E-state index in [0.717, 1.165) is 12.8 Å². The predicted octanol–water partition coefficient (Wildman–Crippen LogP) is 5.50. The summed E-state index contributed by atoms with van der Waals surface area (Å²) < 4.78 is 5.11. The molecule has 0 amide bonds. The molecule has 0 aliphatic carbocycles. The first-order valence-electron chi connectivity index (χ1n) is 9.66. The summed E-state index contributed by atoms with van der Waals surface area (Å²) in [5, 5.41) is 4.06. The van der Waals surface area contributed by atoms with Crippen molar-refractivity contribution in [1.29, 1.82) is 0 Å². The van der Waals surface area contributed by atoms with Crippen molar-refractivity contribution in [3.8, 4) is 0 Å². The second-order valence-electron chi connectivity index (χ2n) is 7.85. The van der Waals surface area contributed by atoms with Crippen molar-refractivity contribution in [2.45, 2.75) is 19.0 Å². The van der Waals surface area contributed by atoms with E-state index in [4.69, 9.17) is 0 Å². The molecule has 2 heteroatoms. The average molecular weight is 346 g/mol. The van der Waals surface area contributed by atoms with Crippen LogP contribution in [-0.2, 0) is 12.8 Å². The molecule has 0 saturated carbocycles. The van der Waals surface area contributed by atoms with Crippen LogP contribution in [0, 0.1) is 0 Å². The molecule has 0 radical (unpaired) electrons. The lowest BCUT2D eigenvalue weighted by Crippen LogP contribution is -2.31. The van der Waals surface area contributed by atoms with Gasteiger partial charge in [0.15, 0.2) is 0 Å². The predicted molar refractivity (Wildman–Crippen MR) is 109 cm³/mol. The Labute approximate surface area is 157 Å². The highest BCUT2D eigenvalue weighted by molar-refractivity contribution is 5.87. The molecule has 2 nitrogen and oxygen atoms in total. The summed E-state index contributed by atoms with van der Waals surface area (Å²) in [4.78, 5) is 0. The molecule has 0 fully saturated rings. The maximum absolute atomic E-state index is 2.57. The molecule has 0 saturated heterocycles. The topological polar surface area (TPSA) is 9.86 Å². The van der Waals surface area contributed by atoms with Crippen LogP contribution >= 0.6 is 0 Å². The first-order valence-corrected chi connectivity index (χ1v) is 9.66. The zero-order chi connectivity index (χ0) is 17.5. The molecule has 128 valence electrons. The second kappa shape index (κ2) is 4.72. The third-order valence-electron chi connectivity index (χ3n) is 6.47. The lowest BCUT2D eigenvalue weighted by atomic mass is 9.87. The van der Waals surface area contributed by atoms with Crippen LogP contribution in [0.25, 0.3) is 21.7 Å². The Morgan fingerprint density at radius 1 is 0.741 bits per heavy atom. The van der Waals surface area contributed by atoms with Gasteiger partial charge >= 0.3 is 0 Å². The molecule has 27 heavy (non-hydrogen) atoms. The van der Waals surface area contributed by atoms with E-state index in [1.807, 2.05) is 0 Å². The molecule has 2 aromatic heterocycles. The monoisotopic (exact) mass is 346 g/mol. The Hall–Kier alpha value is -3.26. The maximum Gasteiger partial charge on any atom is 0.136 e. The standard InChI is InChI=1S/C25H18N2/c1-3-10-21-19(7-1)15-26-23(21)14-18-9-5-8-17-13-20-12-16-6-2-4-11-22(16)27(20)25(26)24(17)18/h1-12,15,25H,13-14H2. The van der Waals surface area contributed by atoms with E-state index >= 15 is 0 Å². The number of benzene rings is 3. The van der Waals surface area contributed by atoms with Crippen molar-refractivity contribution in [2.75, 3.05) is 0 Å². The minimum absolute atomic E-state index is 0.219. The molecule has 5 aromatic rings. The molecule has 3 aromatic carbocycles. The van der Waals surface area contributed by atoms with Crippen LogP contribution in [0.1, 0.15) is 34.2 Å². The molecule has 2 aliphatic rings. The second-order valence-corrected chi connectivity index (χ2v) is 7.85. The summed E-state index contributed by atoms with van der Waals surface area (Å²) >= 11 is 0. The molecule has 7 rings (SSSR count). The van der Waals surface area contributed by atoms with Gasteiger partial charge in [0.2, 0.25) is 0 Å². The van der Waals surface area contributed by atoms with Gasteiger partial charge in [-0.3, -0.25) is 0 Å². The fourth-order valence-corrected chi connectivity index (χ4v) is 5.38. The highest BCUT2D eigenvalue weighted by Crippen LogP contribution is 2.44. The van der Waals surface area contributed by atoms with Crippen LogP contribution in [0.5, 0.6) is 0 Å². The van der Waals surface area contributed by atoms with Gasteiger partial charge in [0.05, 0.1) is 5.52 Å². The summed E-state index contributed by atoms with van der Waals surface area (Å²) in [6, 6.07) is 26.9. The van der Waals surface area contributed by atoms with E-state index in [1.165, 1.54) is 49.8 Å². The van der Waals surface area contributed by atoms with Gasteiger partial charge in [0.25, 0.3) is 0 Å². The van der Waals surface area contributed by atoms with Gasteiger partial charge in [0.1, 0.15) is 6.17 Å². The zero-order valence-corrected chi connectivity index (χ0v) is 14.9. The van der Waals surface area contributed by atoms with Crippen LogP contribution < -0.4 is 0 Å². The molecule has 1 atom stereocenters. The summed E-state index contributed by atoms with van der Waals surface area (Å²) in [7, 11) is 0. The van der Waals surface area contributed by atoms with Gasteiger partial charge < -0.3 is 9.13 Å². The zero-order valence-electron chi connectivity index (χ0n) is 14.9. The third-order valence-corrected chi connectivity index (χ3v) is 6.47. The maximum atomic E-state index is 2.57. The SMILES string of the molecule is c1cc2c3c(c1)Cc1cc4ccccc4n1C3n1cc3ccccc3c1C2. The number of para-hydroxylation sites is 1. The summed E-state index contributed by atoms with van der Waals surface area (Å²) in [5.74, 6) is 0. The number of aromatic nitrogens is 2.